The maximum absolute atomic E-state index is 12.2. The fourth-order valence-electron chi connectivity index (χ4n) is 2.93. The molecule has 2 heterocycles. The van der Waals surface area contributed by atoms with Crippen LogP contribution in [-0.4, -0.2) is 45.9 Å². The van der Waals surface area contributed by atoms with Gasteiger partial charge in [-0.25, -0.2) is 0 Å². The van der Waals surface area contributed by atoms with Crippen LogP contribution in [0.2, 0.25) is 5.02 Å². The van der Waals surface area contributed by atoms with E-state index >= 15 is 0 Å². The summed E-state index contributed by atoms with van der Waals surface area (Å²) in [6.07, 6.45) is 2.13. The zero-order valence-electron chi connectivity index (χ0n) is 14.9. The second-order valence-electron chi connectivity index (χ2n) is 6.62. The third kappa shape index (κ3) is 4.69. The van der Waals surface area contributed by atoms with Crippen molar-refractivity contribution in [1.82, 2.24) is 9.47 Å². The molecule has 2 amide bonds. The van der Waals surface area contributed by atoms with Gasteiger partial charge in [0.2, 0.25) is 5.91 Å². The van der Waals surface area contributed by atoms with Crippen LogP contribution in [0.15, 0.2) is 23.2 Å². The molecule has 0 unspecified atom stereocenters. The minimum Gasteiger partial charge on any atom is -0.342 e. The van der Waals surface area contributed by atoms with E-state index in [9.17, 15) is 9.59 Å². The largest absolute Gasteiger partial charge is 0.342 e. The van der Waals surface area contributed by atoms with Gasteiger partial charge < -0.3 is 9.47 Å². The Hall–Kier alpha value is -1.31. The Morgan fingerprint density at radius 2 is 2.04 bits per heavy atom. The van der Waals surface area contributed by atoms with E-state index in [4.69, 9.17) is 11.6 Å². The molecule has 1 saturated heterocycles. The van der Waals surface area contributed by atoms with Crippen LogP contribution >= 0.6 is 34.7 Å². The van der Waals surface area contributed by atoms with E-state index < -0.39 is 0 Å². The zero-order chi connectivity index (χ0) is 18.7. The Kier molecular flexibility index (Phi) is 6.42. The molecule has 0 atom stereocenters. The van der Waals surface area contributed by atoms with Gasteiger partial charge in [0.15, 0.2) is 4.80 Å². The Labute approximate surface area is 166 Å². The number of thioether (sulfide) groups is 1. The summed E-state index contributed by atoms with van der Waals surface area (Å²) in [5.74, 6) is 1.15. The number of carbonyl (C=O) groups excluding carboxylic acids is 2. The quantitative estimate of drug-likeness (QED) is 0.775. The van der Waals surface area contributed by atoms with Crippen molar-refractivity contribution in [2.24, 2.45) is 18.0 Å². The standard InChI is InChI=1S/C18H22ClN3O2S2/c1-12-5-7-22(8-6-12)17(24)11-25-10-16(23)20-18-21(2)14-4-3-13(19)9-15(14)26-18/h3-4,9,12H,5-8,10-11H2,1-2H3. The molecule has 140 valence electrons. The number of hydrogen-bond donors (Lipinski definition) is 0. The third-order valence-electron chi connectivity index (χ3n) is 4.58. The van der Waals surface area contributed by atoms with Gasteiger partial charge in [0.05, 0.1) is 21.7 Å². The fourth-order valence-corrected chi connectivity index (χ4v) is 4.94. The lowest BCUT2D eigenvalue weighted by Gasteiger charge is -2.30. The Balaban J connectivity index is 1.56. The van der Waals surface area contributed by atoms with E-state index in [1.807, 2.05) is 34.7 Å². The summed E-state index contributed by atoms with van der Waals surface area (Å²) in [7, 11) is 1.88. The van der Waals surface area contributed by atoms with Crippen LogP contribution in [0.4, 0.5) is 0 Å². The van der Waals surface area contributed by atoms with Gasteiger partial charge in [-0.1, -0.05) is 29.9 Å². The Morgan fingerprint density at radius 1 is 1.31 bits per heavy atom. The molecule has 1 aliphatic heterocycles. The number of fused-ring (bicyclic) bond motifs is 1. The number of halogens is 1. The predicted molar refractivity (Wildman–Crippen MR) is 109 cm³/mol. The monoisotopic (exact) mass is 411 g/mol. The first kappa shape index (κ1) is 19.5. The van der Waals surface area contributed by atoms with E-state index in [-0.39, 0.29) is 17.6 Å². The molecule has 26 heavy (non-hydrogen) atoms. The van der Waals surface area contributed by atoms with Crippen molar-refractivity contribution in [3.05, 3.63) is 28.0 Å². The van der Waals surface area contributed by atoms with Crippen molar-refractivity contribution in [2.75, 3.05) is 24.6 Å². The fraction of sp³-hybridized carbons (Fsp3) is 0.500. The van der Waals surface area contributed by atoms with Crippen LogP contribution in [0.1, 0.15) is 19.8 Å². The number of amides is 2. The smallest absolute Gasteiger partial charge is 0.258 e. The molecule has 1 aliphatic rings. The first-order chi connectivity index (χ1) is 12.4. The number of benzene rings is 1. The van der Waals surface area contributed by atoms with Crippen LogP contribution < -0.4 is 4.80 Å². The van der Waals surface area contributed by atoms with Crippen molar-refractivity contribution in [2.45, 2.75) is 19.8 Å². The van der Waals surface area contributed by atoms with Gasteiger partial charge in [-0.05, 0) is 37.0 Å². The van der Waals surface area contributed by atoms with Crippen LogP contribution in [0, 0.1) is 5.92 Å². The van der Waals surface area contributed by atoms with E-state index in [2.05, 4.69) is 11.9 Å². The van der Waals surface area contributed by atoms with Gasteiger partial charge in [-0.3, -0.25) is 9.59 Å². The SMILES string of the molecule is CC1CCN(C(=O)CSCC(=O)N=c2sc3cc(Cl)ccc3n2C)CC1. The minimum absolute atomic E-state index is 0.122. The van der Waals surface area contributed by atoms with Gasteiger partial charge in [0, 0.05) is 25.2 Å². The molecular formula is C18H22ClN3O2S2. The molecule has 1 fully saturated rings. The van der Waals surface area contributed by atoms with E-state index in [0.29, 0.717) is 21.5 Å². The summed E-state index contributed by atoms with van der Waals surface area (Å²) < 4.78 is 2.88. The van der Waals surface area contributed by atoms with Crippen LogP contribution in [0.25, 0.3) is 10.2 Å². The van der Waals surface area contributed by atoms with E-state index in [1.165, 1.54) is 23.1 Å². The molecule has 1 aromatic heterocycles. The molecule has 0 N–H and O–H groups in total. The van der Waals surface area contributed by atoms with E-state index in [0.717, 1.165) is 36.1 Å². The zero-order valence-corrected chi connectivity index (χ0v) is 17.3. The molecule has 8 heteroatoms. The van der Waals surface area contributed by atoms with Crippen molar-refractivity contribution >= 4 is 56.7 Å². The molecule has 0 bridgehead atoms. The number of aromatic nitrogens is 1. The molecule has 1 aromatic carbocycles. The highest BCUT2D eigenvalue weighted by atomic mass is 35.5. The third-order valence-corrected chi connectivity index (χ3v) is 6.81. The summed E-state index contributed by atoms with van der Waals surface area (Å²) >= 11 is 8.79. The first-order valence-electron chi connectivity index (χ1n) is 8.62. The predicted octanol–water partition coefficient (Wildman–Crippen LogP) is 3.31. The molecular weight excluding hydrogens is 390 g/mol. The Bertz CT molecular complexity index is 882. The summed E-state index contributed by atoms with van der Waals surface area (Å²) in [4.78, 5) is 31.1. The number of likely N-dealkylation sites (tertiary alicyclic amines) is 1. The average molecular weight is 412 g/mol. The van der Waals surface area contributed by atoms with Gasteiger partial charge in [0.25, 0.3) is 5.91 Å². The van der Waals surface area contributed by atoms with Crippen LogP contribution in [0.3, 0.4) is 0 Å². The van der Waals surface area contributed by atoms with Gasteiger partial charge in [0.1, 0.15) is 0 Å². The molecule has 2 aromatic rings. The number of piperidine rings is 1. The Morgan fingerprint density at radius 3 is 2.77 bits per heavy atom. The summed E-state index contributed by atoms with van der Waals surface area (Å²) in [6, 6.07) is 5.62. The minimum atomic E-state index is -0.219. The maximum Gasteiger partial charge on any atom is 0.258 e. The highest BCUT2D eigenvalue weighted by Crippen LogP contribution is 2.21. The van der Waals surface area contributed by atoms with Crippen molar-refractivity contribution in [3.63, 3.8) is 0 Å². The summed E-state index contributed by atoms with van der Waals surface area (Å²) in [5, 5.41) is 0.665. The number of nitrogens with zero attached hydrogens (tertiary/aromatic N) is 3. The number of carbonyl (C=O) groups is 2. The number of thiazole rings is 1. The average Bonchev–Trinajstić information content (AvgIpc) is 2.90. The molecule has 3 rings (SSSR count). The topological polar surface area (TPSA) is 54.7 Å². The lowest BCUT2D eigenvalue weighted by atomic mass is 9.99. The van der Waals surface area contributed by atoms with E-state index in [1.54, 1.807) is 0 Å². The molecule has 0 radical (unpaired) electrons. The van der Waals surface area contributed by atoms with Crippen LogP contribution in [-0.2, 0) is 16.6 Å². The molecule has 0 aliphatic carbocycles. The van der Waals surface area contributed by atoms with Crippen molar-refractivity contribution in [3.8, 4) is 0 Å². The number of hydrogen-bond acceptors (Lipinski definition) is 4. The lowest BCUT2D eigenvalue weighted by molar-refractivity contribution is -0.129. The van der Waals surface area contributed by atoms with Gasteiger partial charge in [-0.15, -0.1) is 11.8 Å². The molecule has 5 nitrogen and oxygen atoms in total. The lowest BCUT2D eigenvalue weighted by Crippen LogP contribution is -2.39. The van der Waals surface area contributed by atoms with Crippen LogP contribution in [0.5, 0.6) is 0 Å². The second kappa shape index (κ2) is 8.59. The number of aryl methyl sites for hydroxylation is 1. The second-order valence-corrected chi connectivity index (χ2v) is 9.05. The number of rotatable bonds is 4. The van der Waals surface area contributed by atoms with Crippen molar-refractivity contribution < 1.29 is 9.59 Å². The summed E-state index contributed by atoms with van der Waals surface area (Å²) in [6.45, 7) is 3.89. The highest BCUT2D eigenvalue weighted by Gasteiger charge is 2.20. The van der Waals surface area contributed by atoms with Gasteiger partial charge >= 0.3 is 0 Å². The van der Waals surface area contributed by atoms with Crippen molar-refractivity contribution in [1.29, 1.82) is 0 Å². The molecule has 0 spiro atoms. The first-order valence-corrected chi connectivity index (χ1v) is 11.0. The van der Waals surface area contributed by atoms with Gasteiger partial charge in [-0.2, -0.15) is 4.99 Å². The molecule has 0 saturated carbocycles. The normalized spacial score (nSPS) is 16.4. The highest BCUT2D eigenvalue weighted by molar-refractivity contribution is 8.00. The maximum atomic E-state index is 12.2. The summed E-state index contributed by atoms with van der Waals surface area (Å²) in [5.41, 5.74) is 0.994.